The Morgan fingerprint density at radius 3 is 1.50 bits per heavy atom. The molecule has 0 saturated carbocycles. The predicted octanol–water partition coefficient (Wildman–Crippen LogP) is 2.64. The molecule has 6 heteroatoms. The maximum Gasteiger partial charge on any atom is 0 e. The van der Waals surface area contributed by atoms with Crippen molar-refractivity contribution in [2.75, 3.05) is 13.2 Å². The molecule has 20 heavy (non-hydrogen) atoms. The van der Waals surface area contributed by atoms with Crippen LogP contribution in [0.15, 0.2) is 30.3 Å². The first-order valence-corrected chi connectivity index (χ1v) is 5.27. The average molecular weight is 316 g/mol. The normalized spacial score (nSPS) is 7.25. The van der Waals surface area contributed by atoms with Crippen molar-refractivity contribution in [2.45, 2.75) is 20.1 Å². The van der Waals surface area contributed by atoms with Gasteiger partial charge in [0.2, 0.25) is 0 Å². The van der Waals surface area contributed by atoms with Crippen molar-refractivity contribution in [1.82, 2.24) is 0 Å². The summed E-state index contributed by atoms with van der Waals surface area (Å²) in [6.07, 6.45) is -0.212. The van der Waals surface area contributed by atoms with E-state index < -0.39 is 0 Å². The summed E-state index contributed by atoms with van der Waals surface area (Å²) in [6, 6.07) is 9.98. The molecule has 0 heterocycles. The molecule has 0 aliphatic carbocycles. The predicted molar refractivity (Wildman–Crippen MR) is 64.2 cm³/mol. The SMILES string of the molecule is CCOC(OCC)c1ccccc1.[C-]#[O+].[C-]#[O+].[C-]#[O+].[Cr]. The molecule has 0 aliphatic heterocycles. The molecule has 0 amide bonds. The van der Waals surface area contributed by atoms with Crippen LogP contribution in [0.4, 0.5) is 0 Å². The van der Waals surface area contributed by atoms with Crippen LogP contribution in [0.5, 0.6) is 0 Å². The largest absolute Gasteiger partial charge is 0 e. The molecule has 1 aromatic rings. The van der Waals surface area contributed by atoms with Gasteiger partial charge >= 0.3 is 33.9 Å². The van der Waals surface area contributed by atoms with E-state index in [0.717, 1.165) is 5.56 Å². The van der Waals surface area contributed by atoms with Crippen LogP contribution in [0.1, 0.15) is 25.7 Å². The fraction of sp³-hybridized carbons (Fsp3) is 0.357. The number of hydrogen-bond acceptors (Lipinski definition) is 2. The minimum Gasteiger partial charge on any atom is 0 e. The quantitative estimate of drug-likeness (QED) is 0.475. The third-order valence-corrected chi connectivity index (χ3v) is 1.71. The molecular formula is C14H16CrO5. The minimum absolute atomic E-state index is 0. The first-order valence-electron chi connectivity index (χ1n) is 5.27. The molecule has 0 fully saturated rings. The molecule has 0 N–H and O–H groups in total. The Morgan fingerprint density at radius 2 is 1.20 bits per heavy atom. The van der Waals surface area contributed by atoms with Gasteiger partial charge in [-0.25, -0.2) is 0 Å². The van der Waals surface area contributed by atoms with Gasteiger partial charge < -0.3 is 9.47 Å². The number of rotatable bonds is 5. The molecule has 0 spiro atoms. The minimum atomic E-state index is -0.212. The molecule has 5 nitrogen and oxygen atoms in total. The maximum atomic E-state index is 7.50. The van der Waals surface area contributed by atoms with Crippen LogP contribution in [-0.4, -0.2) is 13.2 Å². The van der Waals surface area contributed by atoms with Crippen LogP contribution in [0.2, 0.25) is 0 Å². The van der Waals surface area contributed by atoms with E-state index in [-0.39, 0.29) is 23.7 Å². The van der Waals surface area contributed by atoms with Gasteiger partial charge in [0.05, 0.1) is 0 Å². The molecule has 0 unspecified atom stereocenters. The van der Waals surface area contributed by atoms with Crippen LogP contribution >= 0.6 is 0 Å². The summed E-state index contributed by atoms with van der Waals surface area (Å²) in [7, 11) is 0. The van der Waals surface area contributed by atoms with Crippen molar-refractivity contribution in [3.05, 3.63) is 55.8 Å². The smallest absolute Gasteiger partial charge is 0 e. The van der Waals surface area contributed by atoms with Crippen LogP contribution in [0, 0.1) is 20.0 Å². The number of benzene rings is 1. The van der Waals surface area contributed by atoms with E-state index in [9.17, 15) is 0 Å². The van der Waals surface area contributed by atoms with Gasteiger partial charge in [0.25, 0.3) is 0 Å². The van der Waals surface area contributed by atoms with Crippen LogP contribution < -0.4 is 0 Å². The first-order chi connectivity index (χ1) is 9.38. The Bertz CT molecular complexity index is 314. The molecule has 0 bridgehead atoms. The Kier molecular flexibility index (Phi) is 36.1. The zero-order chi connectivity index (χ0) is 15.5. The Morgan fingerprint density at radius 1 is 0.850 bits per heavy atom. The molecule has 1 aromatic carbocycles. The molecule has 0 atom stereocenters. The molecule has 0 aliphatic rings. The summed E-state index contributed by atoms with van der Waals surface area (Å²) in [5, 5.41) is 0. The van der Waals surface area contributed by atoms with E-state index in [1.54, 1.807) is 0 Å². The first kappa shape index (κ1) is 27.3. The van der Waals surface area contributed by atoms with E-state index in [0.29, 0.717) is 13.2 Å². The van der Waals surface area contributed by atoms with Crippen molar-refractivity contribution in [2.24, 2.45) is 0 Å². The van der Waals surface area contributed by atoms with Crippen LogP contribution in [0.3, 0.4) is 0 Å². The second-order valence-corrected chi connectivity index (χ2v) is 2.65. The Hall–Kier alpha value is -1.11. The molecule has 0 aromatic heterocycles. The third-order valence-electron chi connectivity index (χ3n) is 1.71. The standard InChI is InChI=1S/C11H16O2.3CO.Cr/c1-3-12-11(13-4-2)10-8-6-5-7-9-10;3*1-2;/h5-9,11H,3-4H2,1-2H3;;;;. The zero-order valence-electron chi connectivity index (χ0n) is 11.3. The van der Waals surface area contributed by atoms with Crippen molar-refractivity contribution in [1.29, 1.82) is 0 Å². The van der Waals surface area contributed by atoms with Gasteiger partial charge in [0.1, 0.15) is 0 Å². The van der Waals surface area contributed by atoms with E-state index in [1.807, 2.05) is 44.2 Å². The third kappa shape index (κ3) is 15.0. The summed E-state index contributed by atoms with van der Waals surface area (Å²) in [5.41, 5.74) is 1.08. The fourth-order valence-electron chi connectivity index (χ4n) is 1.15. The van der Waals surface area contributed by atoms with Gasteiger partial charge in [-0.05, 0) is 13.8 Å². The monoisotopic (exact) mass is 316 g/mol. The van der Waals surface area contributed by atoms with E-state index in [4.69, 9.17) is 23.4 Å². The summed E-state index contributed by atoms with van der Waals surface area (Å²) in [5.74, 6) is 0. The number of ether oxygens (including phenoxy) is 2. The van der Waals surface area contributed by atoms with Gasteiger partial charge in [-0.2, -0.15) is 0 Å². The van der Waals surface area contributed by atoms with Gasteiger partial charge in [-0.1, -0.05) is 30.3 Å². The van der Waals surface area contributed by atoms with Crippen molar-refractivity contribution < 1.29 is 40.8 Å². The second-order valence-electron chi connectivity index (χ2n) is 2.65. The zero-order valence-corrected chi connectivity index (χ0v) is 12.6. The average Bonchev–Trinajstić information content (AvgIpc) is 2.54. The van der Waals surface area contributed by atoms with Crippen molar-refractivity contribution >= 4 is 0 Å². The van der Waals surface area contributed by atoms with Crippen molar-refractivity contribution in [3.8, 4) is 0 Å². The summed E-state index contributed by atoms with van der Waals surface area (Å²) < 4.78 is 33.4. The second kappa shape index (κ2) is 26.5. The van der Waals surface area contributed by atoms with Crippen LogP contribution in [0.25, 0.3) is 0 Å². The summed E-state index contributed by atoms with van der Waals surface area (Å²) in [6.45, 7) is 18.8. The summed E-state index contributed by atoms with van der Waals surface area (Å²) >= 11 is 0. The summed E-state index contributed by atoms with van der Waals surface area (Å²) in [4.78, 5) is 0. The van der Waals surface area contributed by atoms with E-state index >= 15 is 0 Å². The molecule has 108 valence electrons. The van der Waals surface area contributed by atoms with Gasteiger partial charge in [-0.3, -0.25) is 0 Å². The van der Waals surface area contributed by atoms with Crippen molar-refractivity contribution in [3.63, 3.8) is 0 Å². The molecule has 1 rings (SSSR count). The Labute approximate surface area is 130 Å². The van der Waals surface area contributed by atoms with Gasteiger partial charge in [0.15, 0.2) is 6.29 Å². The van der Waals surface area contributed by atoms with Crippen LogP contribution in [-0.2, 0) is 40.8 Å². The van der Waals surface area contributed by atoms with E-state index in [1.165, 1.54) is 0 Å². The maximum absolute atomic E-state index is 7.50. The van der Waals surface area contributed by atoms with E-state index in [2.05, 4.69) is 20.0 Å². The van der Waals surface area contributed by atoms with Gasteiger partial charge in [-0.15, -0.1) is 0 Å². The fourth-order valence-corrected chi connectivity index (χ4v) is 1.15. The Balaban J connectivity index is -0.000000162. The molecular weight excluding hydrogens is 300 g/mol. The molecule has 0 saturated heterocycles. The molecule has 0 radical (unpaired) electrons. The number of hydrogen-bond donors (Lipinski definition) is 0. The van der Waals surface area contributed by atoms with Gasteiger partial charge in [0, 0.05) is 36.1 Å². The topological polar surface area (TPSA) is 78.2 Å².